The number of carbonyl (C=O) groups excluding carboxylic acids is 1. The Morgan fingerprint density at radius 1 is 1.28 bits per heavy atom. The largest absolute Gasteiger partial charge is 0.486 e. The van der Waals surface area contributed by atoms with E-state index in [4.69, 9.17) is 17.0 Å². The van der Waals surface area contributed by atoms with Gasteiger partial charge in [-0.2, -0.15) is 0 Å². The zero-order valence-electron chi connectivity index (χ0n) is 14.0. The van der Waals surface area contributed by atoms with Crippen molar-refractivity contribution in [1.82, 2.24) is 0 Å². The number of hydrogen-bond donors (Lipinski definition) is 1. The van der Waals surface area contributed by atoms with Crippen LogP contribution in [-0.4, -0.2) is 17.6 Å². The van der Waals surface area contributed by atoms with E-state index in [1.54, 1.807) is 30.3 Å². The molecule has 3 nitrogen and oxygen atoms in total. The fourth-order valence-electron chi connectivity index (χ4n) is 2.08. The number of hydrogen-bond acceptors (Lipinski definition) is 3. The third-order valence-corrected chi connectivity index (χ3v) is 4.33. The average Bonchev–Trinajstić information content (AvgIpc) is 2.58. The van der Waals surface area contributed by atoms with E-state index in [2.05, 4.69) is 21.2 Å². The molecule has 0 saturated heterocycles. The van der Waals surface area contributed by atoms with Crippen LogP contribution in [0.4, 0.5) is 10.1 Å². The summed E-state index contributed by atoms with van der Waals surface area (Å²) in [6.45, 7) is 4.61. The summed E-state index contributed by atoms with van der Waals surface area (Å²) >= 11 is 8.56. The highest BCUT2D eigenvalue weighted by atomic mass is 79.9. The molecule has 132 valence electrons. The van der Waals surface area contributed by atoms with Crippen molar-refractivity contribution < 1.29 is 13.9 Å². The smallest absolute Gasteiger partial charge is 0.255 e. The zero-order valence-corrected chi connectivity index (χ0v) is 16.4. The molecule has 0 aliphatic carbocycles. The number of ether oxygens (including phenoxy) is 1. The third-order valence-electron chi connectivity index (χ3n) is 3.33. The number of thiocarbonyl (C=S) groups is 1. The molecule has 1 amide bonds. The Morgan fingerprint density at radius 3 is 2.60 bits per heavy atom. The van der Waals surface area contributed by atoms with E-state index in [1.807, 2.05) is 19.9 Å². The van der Waals surface area contributed by atoms with Gasteiger partial charge in [-0.1, -0.05) is 48.0 Å². The van der Waals surface area contributed by atoms with Crippen LogP contribution in [0.5, 0.6) is 0 Å². The lowest BCUT2D eigenvalue weighted by molar-refractivity contribution is 0.102. The van der Waals surface area contributed by atoms with E-state index in [-0.39, 0.29) is 11.6 Å². The Kier molecular flexibility index (Phi) is 7.08. The maximum atomic E-state index is 14.2. The lowest BCUT2D eigenvalue weighted by Gasteiger charge is -2.13. The summed E-state index contributed by atoms with van der Waals surface area (Å²) < 4.78 is 20.3. The Labute approximate surface area is 160 Å². The summed E-state index contributed by atoms with van der Waals surface area (Å²) in [5, 5.41) is 3.03. The highest BCUT2D eigenvalue weighted by Crippen LogP contribution is 2.26. The molecule has 2 aromatic carbocycles. The van der Waals surface area contributed by atoms with Crippen LogP contribution in [0, 0.1) is 11.7 Å². The van der Waals surface area contributed by atoms with Crippen molar-refractivity contribution in [2.24, 2.45) is 5.92 Å². The van der Waals surface area contributed by atoms with Gasteiger partial charge in [0.15, 0.2) is 5.05 Å². The second-order valence-electron chi connectivity index (χ2n) is 6.00. The molecule has 0 aromatic heterocycles. The van der Waals surface area contributed by atoms with Gasteiger partial charge in [0, 0.05) is 16.5 Å². The zero-order chi connectivity index (χ0) is 18.4. The standard InChI is InChI=1S/C19H19BrFNO2S/c1-12(2)11-24-18(25)9-14-8-17(16(21)10-15(14)20)22-19(23)13-6-4-3-5-7-13/h3-8,10,12H,9,11H2,1-2H3,(H,22,23). The molecular weight excluding hydrogens is 405 g/mol. The molecular formula is C19H19BrFNO2S. The summed E-state index contributed by atoms with van der Waals surface area (Å²) in [4.78, 5) is 12.2. The lowest BCUT2D eigenvalue weighted by Crippen LogP contribution is -2.14. The van der Waals surface area contributed by atoms with Gasteiger partial charge in [-0.25, -0.2) is 4.39 Å². The number of nitrogens with one attached hydrogen (secondary N) is 1. The summed E-state index contributed by atoms with van der Waals surface area (Å²) in [7, 11) is 0. The van der Waals surface area contributed by atoms with Gasteiger partial charge in [0.25, 0.3) is 5.91 Å². The molecule has 0 spiro atoms. The van der Waals surface area contributed by atoms with Gasteiger partial charge in [0.05, 0.1) is 12.3 Å². The van der Waals surface area contributed by atoms with Crippen molar-refractivity contribution in [3.05, 3.63) is 63.9 Å². The molecule has 2 rings (SSSR count). The number of halogens is 2. The van der Waals surface area contributed by atoms with E-state index in [1.165, 1.54) is 6.07 Å². The molecule has 0 atom stereocenters. The summed E-state index contributed by atoms with van der Waals surface area (Å²) in [5.41, 5.74) is 1.32. The molecule has 0 aliphatic heterocycles. The minimum absolute atomic E-state index is 0.110. The van der Waals surface area contributed by atoms with Crippen molar-refractivity contribution in [1.29, 1.82) is 0 Å². The van der Waals surface area contributed by atoms with E-state index in [9.17, 15) is 9.18 Å². The maximum absolute atomic E-state index is 14.2. The Hall–Kier alpha value is -1.79. The number of benzene rings is 2. The van der Waals surface area contributed by atoms with E-state index in [0.717, 1.165) is 5.56 Å². The highest BCUT2D eigenvalue weighted by Gasteiger charge is 2.14. The summed E-state index contributed by atoms with van der Waals surface area (Å²) in [6, 6.07) is 11.6. The number of amides is 1. The van der Waals surface area contributed by atoms with Crippen molar-refractivity contribution in [3.8, 4) is 0 Å². The minimum Gasteiger partial charge on any atom is -0.486 e. The molecule has 0 fully saturated rings. The van der Waals surface area contributed by atoms with Crippen LogP contribution in [0.2, 0.25) is 0 Å². The molecule has 0 saturated carbocycles. The monoisotopic (exact) mass is 423 g/mol. The fourth-order valence-corrected chi connectivity index (χ4v) is 2.75. The van der Waals surface area contributed by atoms with Gasteiger partial charge in [0.1, 0.15) is 5.82 Å². The molecule has 0 bridgehead atoms. The molecule has 1 N–H and O–H groups in total. The topological polar surface area (TPSA) is 38.3 Å². The van der Waals surface area contributed by atoms with Gasteiger partial charge in [0.2, 0.25) is 0 Å². The van der Waals surface area contributed by atoms with Crippen molar-refractivity contribution >= 4 is 44.8 Å². The molecule has 0 unspecified atom stereocenters. The summed E-state index contributed by atoms with van der Waals surface area (Å²) in [6.07, 6.45) is 0.358. The predicted molar refractivity (Wildman–Crippen MR) is 106 cm³/mol. The Morgan fingerprint density at radius 2 is 1.96 bits per heavy atom. The Bertz CT molecular complexity index is 766. The first-order valence-electron chi connectivity index (χ1n) is 7.86. The maximum Gasteiger partial charge on any atom is 0.255 e. The van der Waals surface area contributed by atoms with E-state index >= 15 is 0 Å². The van der Waals surface area contributed by atoms with Crippen LogP contribution in [0.3, 0.4) is 0 Å². The lowest BCUT2D eigenvalue weighted by atomic mass is 10.1. The molecule has 0 radical (unpaired) electrons. The van der Waals surface area contributed by atoms with Crippen molar-refractivity contribution in [2.75, 3.05) is 11.9 Å². The predicted octanol–water partition coefficient (Wildman–Crippen LogP) is 5.38. The van der Waals surface area contributed by atoms with Gasteiger partial charge >= 0.3 is 0 Å². The first kappa shape index (κ1) is 19.5. The van der Waals surface area contributed by atoms with Gasteiger partial charge in [-0.05, 0) is 48.0 Å². The first-order chi connectivity index (χ1) is 11.9. The van der Waals surface area contributed by atoms with E-state index in [0.29, 0.717) is 34.0 Å². The second-order valence-corrected chi connectivity index (χ2v) is 7.31. The number of anilines is 1. The molecule has 0 aliphatic rings. The Balaban J connectivity index is 2.14. The van der Waals surface area contributed by atoms with Crippen LogP contribution in [0.25, 0.3) is 0 Å². The third kappa shape index (κ3) is 5.90. The highest BCUT2D eigenvalue weighted by molar-refractivity contribution is 9.10. The average molecular weight is 424 g/mol. The van der Waals surface area contributed by atoms with Crippen LogP contribution in [-0.2, 0) is 11.2 Å². The van der Waals surface area contributed by atoms with Crippen LogP contribution < -0.4 is 5.32 Å². The fraction of sp³-hybridized carbons (Fsp3) is 0.263. The molecule has 6 heteroatoms. The van der Waals surface area contributed by atoms with Gasteiger partial charge in [-0.3, -0.25) is 4.79 Å². The normalized spacial score (nSPS) is 10.6. The van der Waals surface area contributed by atoms with Gasteiger partial charge in [-0.15, -0.1) is 0 Å². The molecule has 25 heavy (non-hydrogen) atoms. The van der Waals surface area contributed by atoms with Gasteiger partial charge < -0.3 is 10.1 Å². The number of carbonyl (C=O) groups is 1. The van der Waals surface area contributed by atoms with Crippen molar-refractivity contribution in [2.45, 2.75) is 20.3 Å². The first-order valence-corrected chi connectivity index (χ1v) is 9.07. The second kappa shape index (κ2) is 9.06. The van der Waals surface area contributed by atoms with E-state index < -0.39 is 5.82 Å². The molecule has 2 aromatic rings. The minimum atomic E-state index is -0.520. The number of rotatable bonds is 6. The quantitative estimate of drug-likeness (QED) is 0.633. The summed E-state index contributed by atoms with van der Waals surface area (Å²) in [5.74, 6) is -0.518. The SMILES string of the molecule is CC(C)COC(=S)Cc1cc(NC(=O)c2ccccc2)c(F)cc1Br. The van der Waals surface area contributed by atoms with Crippen molar-refractivity contribution in [3.63, 3.8) is 0 Å². The molecule has 0 heterocycles. The van der Waals surface area contributed by atoms with Crippen LogP contribution in [0.15, 0.2) is 46.9 Å². The van der Waals surface area contributed by atoms with Crippen LogP contribution >= 0.6 is 28.1 Å². The van der Waals surface area contributed by atoms with Crippen LogP contribution in [0.1, 0.15) is 29.8 Å².